The van der Waals surface area contributed by atoms with Crippen molar-refractivity contribution in [1.82, 2.24) is 10.2 Å². The lowest BCUT2D eigenvalue weighted by atomic mass is 10.1. The molecule has 5 rings (SSSR count). The summed E-state index contributed by atoms with van der Waals surface area (Å²) in [5.41, 5.74) is 1.06. The molecule has 31 heavy (non-hydrogen) atoms. The van der Waals surface area contributed by atoms with Crippen molar-refractivity contribution >= 4 is 34.9 Å². The van der Waals surface area contributed by atoms with Gasteiger partial charge in [-0.1, -0.05) is 12.1 Å². The Bertz CT molecular complexity index is 1130. The zero-order chi connectivity index (χ0) is 21.4. The van der Waals surface area contributed by atoms with Gasteiger partial charge in [0, 0.05) is 13.1 Å². The molecule has 1 N–H and O–H groups in total. The fourth-order valence-corrected chi connectivity index (χ4v) is 4.20. The Morgan fingerprint density at radius 2 is 1.84 bits per heavy atom. The van der Waals surface area contributed by atoms with Gasteiger partial charge in [0.05, 0.1) is 10.5 Å². The van der Waals surface area contributed by atoms with E-state index in [2.05, 4.69) is 5.32 Å². The summed E-state index contributed by atoms with van der Waals surface area (Å²) in [6, 6.07) is 10.3. The van der Waals surface area contributed by atoms with Gasteiger partial charge in [0.25, 0.3) is 17.1 Å². The summed E-state index contributed by atoms with van der Waals surface area (Å²) in [4.78, 5) is 38.9. The molecule has 3 aliphatic rings. The predicted octanol–water partition coefficient (Wildman–Crippen LogP) is 2.61. The summed E-state index contributed by atoms with van der Waals surface area (Å²) in [5, 5.41) is 2.32. The first-order chi connectivity index (χ1) is 15.1. The van der Waals surface area contributed by atoms with Crippen LogP contribution in [0.3, 0.4) is 0 Å². The van der Waals surface area contributed by atoms with Crippen molar-refractivity contribution in [2.75, 3.05) is 26.7 Å². The molecule has 0 aliphatic carbocycles. The molecule has 0 aromatic heterocycles. The van der Waals surface area contributed by atoms with E-state index in [1.807, 2.05) is 0 Å². The quantitative estimate of drug-likeness (QED) is 0.708. The van der Waals surface area contributed by atoms with E-state index in [4.69, 9.17) is 18.9 Å². The van der Waals surface area contributed by atoms with Crippen molar-refractivity contribution in [3.8, 4) is 23.0 Å². The zero-order valence-electron chi connectivity index (χ0n) is 16.1. The Balaban J connectivity index is 1.22. The molecule has 0 atom stereocenters. The summed E-state index contributed by atoms with van der Waals surface area (Å²) in [7, 11) is 0. The highest BCUT2D eigenvalue weighted by Gasteiger charge is 2.35. The molecule has 0 bridgehead atoms. The third-order valence-electron chi connectivity index (χ3n) is 4.83. The van der Waals surface area contributed by atoms with Crippen LogP contribution in [0, 0.1) is 0 Å². The van der Waals surface area contributed by atoms with Crippen LogP contribution < -0.4 is 24.3 Å². The highest BCUT2D eigenvalue weighted by atomic mass is 32.2. The maximum atomic E-state index is 12.7. The fraction of sp³-hybridized carbons (Fsp3) is 0.190. The maximum Gasteiger partial charge on any atom is 0.293 e. The molecule has 3 heterocycles. The first-order valence-electron chi connectivity index (χ1n) is 9.42. The van der Waals surface area contributed by atoms with Gasteiger partial charge < -0.3 is 24.3 Å². The van der Waals surface area contributed by atoms with Crippen molar-refractivity contribution in [3.05, 3.63) is 52.4 Å². The molecule has 0 unspecified atom stereocenters. The number of nitrogens with one attached hydrogen (secondary N) is 1. The van der Waals surface area contributed by atoms with Crippen LogP contribution in [0.25, 0.3) is 6.08 Å². The lowest BCUT2D eigenvalue weighted by Crippen LogP contribution is -2.37. The summed E-state index contributed by atoms with van der Waals surface area (Å²) in [6.07, 6.45) is 1.63. The largest absolute Gasteiger partial charge is 0.454 e. The molecule has 1 fully saturated rings. The first kappa shape index (κ1) is 19.3. The Morgan fingerprint density at radius 3 is 2.74 bits per heavy atom. The van der Waals surface area contributed by atoms with Gasteiger partial charge in [-0.25, -0.2) is 0 Å². The predicted molar refractivity (Wildman–Crippen MR) is 110 cm³/mol. The van der Waals surface area contributed by atoms with Gasteiger partial charge in [-0.15, -0.1) is 0 Å². The smallest absolute Gasteiger partial charge is 0.293 e. The second kappa shape index (κ2) is 7.88. The molecule has 3 aliphatic heterocycles. The van der Waals surface area contributed by atoms with Gasteiger partial charge >= 0.3 is 0 Å². The van der Waals surface area contributed by atoms with E-state index < -0.39 is 5.91 Å². The molecule has 3 amide bonds. The topological polar surface area (TPSA) is 103 Å². The molecular formula is C21H16N2O7S. The number of hydrogen-bond acceptors (Lipinski definition) is 8. The van der Waals surface area contributed by atoms with Crippen LogP contribution in [0.5, 0.6) is 23.0 Å². The van der Waals surface area contributed by atoms with Crippen LogP contribution in [0.15, 0.2) is 41.3 Å². The van der Waals surface area contributed by atoms with E-state index in [1.54, 1.807) is 42.5 Å². The standard InChI is InChI=1S/C21H16N2O7S/c24-19(13-2-1-3-15-18(13)30-11-28-15)22-6-7-23-20(25)17(31-21(23)26)9-12-4-5-14-16(8-12)29-10-27-14/h1-5,8-9H,6-7,10-11H2,(H,22,24)/b17-9+. The van der Waals surface area contributed by atoms with Gasteiger partial charge in [0.1, 0.15) is 0 Å². The first-order valence-corrected chi connectivity index (χ1v) is 10.2. The number of hydrogen-bond donors (Lipinski definition) is 1. The van der Waals surface area contributed by atoms with Crippen LogP contribution in [0.2, 0.25) is 0 Å². The van der Waals surface area contributed by atoms with Crippen LogP contribution in [0.1, 0.15) is 15.9 Å². The van der Waals surface area contributed by atoms with Crippen molar-refractivity contribution in [2.45, 2.75) is 0 Å². The number of rotatable bonds is 5. The number of nitrogens with zero attached hydrogens (tertiary/aromatic N) is 1. The molecule has 9 nitrogen and oxygen atoms in total. The van der Waals surface area contributed by atoms with Crippen LogP contribution in [-0.2, 0) is 4.79 Å². The van der Waals surface area contributed by atoms with Crippen LogP contribution in [-0.4, -0.2) is 48.6 Å². The lowest BCUT2D eigenvalue weighted by molar-refractivity contribution is -0.122. The Hall–Kier alpha value is -3.66. The minimum absolute atomic E-state index is 0.0568. The molecular weight excluding hydrogens is 424 g/mol. The summed E-state index contributed by atoms with van der Waals surface area (Å²) < 4.78 is 21.2. The summed E-state index contributed by atoms with van der Waals surface area (Å²) in [5.74, 6) is 1.36. The van der Waals surface area contributed by atoms with Gasteiger partial charge in [0.15, 0.2) is 23.0 Å². The molecule has 0 spiro atoms. The molecule has 2 aromatic carbocycles. The van der Waals surface area contributed by atoms with Crippen molar-refractivity contribution in [3.63, 3.8) is 0 Å². The van der Waals surface area contributed by atoms with Crippen molar-refractivity contribution in [2.24, 2.45) is 0 Å². The number of imide groups is 1. The number of thioether (sulfide) groups is 1. The highest BCUT2D eigenvalue weighted by Crippen LogP contribution is 2.37. The van der Waals surface area contributed by atoms with Crippen molar-refractivity contribution < 1.29 is 33.3 Å². The Morgan fingerprint density at radius 1 is 1.03 bits per heavy atom. The van der Waals surface area contributed by atoms with Gasteiger partial charge in [0.2, 0.25) is 13.6 Å². The molecule has 158 valence electrons. The Kier molecular flexibility index (Phi) is 4.91. The molecule has 0 saturated carbocycles. The SMILES string of the molecule is O=C(NCCN1C(=O)S/C(=C/c2ccc3c(c2)OCO3)C1=O)c1cccc2c1OCO2. The van der Waals surface area contributed by atoms with Gasteiger partial charge in [-0.2, -0.15) is 0 Å². The average Bonchev–Trinajstić information content (AvgIpc) is 3.48. The van der Waals surface area contributed by atoms with E-state index in [-0.39, 0.29) is 37.8 Å². The molecule has 10 heteroatoms. The summed E-state index contributed by atoms with van der Waals surface area (Å²) in [6.45, 7) is 0.387. The zero-order valence-corrected chi connectivity index (χ0v) is 16.9. The van der Waals surface area contributed by atoms with E-state index in [9.17, 15) is 14.4 Å². The molecule has 1 saturated heterocycles. The number of para-hydroxylation sites is 1. The fourth-order valence-electron chi connectivity index (χ4n) is 3.33. The van der Waals surface area contributed by atoms with Crippen LogP contribution >= 0.6 is 11.8 Å². The number of benzene rings is 2. The second-order valence-corrected chi connectivity index (χ2v) is 7.73. The number of carbonyl (C=O) groups is 3. The normalized spacial score (nSPS) is 17.5. The number of ether oxygens (including phenoxy) is 4. The number of fused-ring (bicyclic) bond motifs is 2. The third kappa shape index (κ3) is 3.66. The monoisotopic (exact) mass is 440 g/mol. The van der Waals surface area contributed by atoms with Crippen molar-refractivity contribution in [1.29, 1.82) is 0 Å². The van der Waals surface area contributed by atoms with Crippen LogP contribution in [0.4, 0.5) is 4.79 Å². The highest BCUT2D eigenvalue weighted by molar-refractivity contribution is 8.18. The van der Waals surface area contributed by atoms with E-state index in [1.165, 1.54) is 0 Å². The van der Waals surface area contributed by atoms with E-state index >= 15 is 0 Å². The van der Waals surface area contributed by atoms with E-state index in [0.29, 0.717) is 33.5 Å². The lowest BCUT2D eigenvalue weighted by Gasteiger charge is -2.13. The third-order valence-corrected chi connectivity index (χ3v) is 5.74. The van der Waals surface area contributed by atoms with Gasteiger partial charge in [-0.05, 0) is 47.7 Å². The number of carbonyl (C=O) groups excluding carboxylic acids is 3. The average molecular weight is 440 g/mol. The Labute approximate surface area is 180 Å². The maximum absolute atomic E-state index is 12.7. The number of amides is 3. The van der Waals surface area contributed by atoms with Gasteiger partial charge in [-0.3, -0.25) is 19.3 Å². The molecule has 0 radical (unpaired) electrons. The summed E-state index contributed by atoms with van der Waals surface area (Å²) >= 11 is 0.859. The molecule has 2 aromatic rings. The van der Waals surface area contributed by atoms with E-state index in [0.717, 1.165) is 22.2 Å². The minimum atomic E-state index is -0.403. The second-order valence-electron chi connectivity index (χ2n) is 6.74. The minimum Gasteiger partial charge on any atom is -0.454 e.